The molecule has 0 saturated heterocycles. The van der Waals surface area contributed by atoms with Gasteiger partial charge in [-0.15, -0.1) is 0 Å². The smallest absolute Gasteiger partial charge is 0.0621 e. The highest BCUT2D eigenvalue weighted by Crippen LogP contribution is 1.97. The fourth-order valence-electron chi connectivity index (χ4n) is 0.677. The summed E-state index contributed by atoms with van der Waals surface area (Å²) in [6.07, 6.45) is 3.24. The molecule has 1 atom stereocenters. The molecule has 0 spiro atoms. The van der Waals surface area contributed by atoms with Gasteiger partial charge in [-0.05, 0) is 25.8 Å². The van der Waals surface area contributed by atoms with Gasteiger partial charge in [-0.2, -0.15) is 0 Å². The maximum Gasteiger partial charge on any atom is 0.0621 e. The Hall–Kier alpha value is -0.740. The molecule has 11 heavy (non-hydrogen) atoms. The van der Waals surface area contributed by atoms with Gasteiger partial charge in [-0.1, -0.05) is 24.8 Å². The van der Waals surface area contributed by atoms with Gasteiger partial charge in [0, 0.05) is 6.42 Å². The second-order valence-corrected chi connectivity index (χ2v) is 2.52. The van der Waals surface area contributed by atoms with E-state index in [1.54, 1.807) is 6.92 Å². The largest absolute Gasteiger partial charge is 0.392 e. The van der Waals surface area contributed by atoms with Crippen molar-refractivity contribution in [2.75, 3.05) is 0 Å². The number of rotatable bonds is 2. The Morgan fingerprint density at radius 3 is 2.64 bits per heavy atom. The number of aliphatic hydroxyl groups excluding tert-OH is 1. The lowest BCUT2D eigenvalue weighted by molar-refractivity contribution is 0.201. The van der Waals surface area contributed by atoms with Crippen LogP contribution in [-0.4, -0.2) is 11.2 Å². The Morgan fingerprint density at radius 2 is 2.27 bits per heavy atom. The van der Waals surface area contributed by atoms with Crippen molar-refractivity contribution < 1.29 is 5.11 Å². The lowest BCUT2D eigenvalue weighted by Crippen LogP contribution is -1.95. The van der Waals surface area contributed by atoms with Gasteiger partial charge in [0.15, 0.2) is 0 Å². The summed E-state index contributed by atoms with van der Waals surface area (Å²) >= 11 is 0. The first-order valence-electron chi connectivity index (χ1n) is 4.02. The van der Waals surface area contributed by atoms with E-state index in [9.17, 15) is 0 Å². The SMILES string of the molecule is C/C=C(\C#CCC(C)O)CC. The molecule has 1 nitrogen and oxygen atoms in total. The average molecular weight is 152 g/mol. The topological polar surface area (TPSA) is 20.2 Å². The molecule has 1 unspecified atom stereocenters. The van der Waals surface area contributed by atoms with Crippen LogP contribution >= 0.6 is 0 Å². The second kappa shape index (κ2) is 6.00. The maximum atomic E-state index is 8.89. The summed E-state index contributed by atoms with van der Waals surface area (Å²) < 4.78 is 0. The molecule has 62 valence electrons. The Morgan fingerprint density at radius 1 is 1.64 bits per heavy atom. The van der Waals surface area contributed by atoms with Crippen LogP contribution in [0.25, 0.3) is 0 Å². The predicted octanol–water partition coefficient (Wildman–Crippen LogP) is 2.12. The van der Waals surface area contributed by atoms with Crippen molar-refractivity contribution >= 4 is 0 Å². The Balaban J connectivity index is 3.85. The minimum Gasteiger partial charge on any atom is -0.392 e. The maximum absolute atomic E-state index is 8.89. The van der Waals surface area contributed by atoms with Gasteiger partial charge in [-0.3, -0.25) is 0 Å². The van der Waals surface area contributed by atoms with E-state index in [0.717, 1.165) is 12.0 Å². The third-order valence-corrected chi connectivity index (χ3v) is 1.38. The van der Waals surface area contributed by atoms with Crippen molar-refractivity contribution in [3.05, 3.63) is 11.6 Å². The molecule has 0 amide bonds. The molecular formula is C10H16O. The zero-order chi connectivity index (χ0) is 8.69. The zero-order valence-electron chi connectivity index (χ0n) is 7.52. The van der Waals surface area contributed by atoms with E-state index in [1.807, 2.05) is 13.0 Å². The molecule has 0 bridgehead atoms. The second-order valence-electron chi connectivity index (χ2n) is 2.52. The van der Waals surface area contributed by atoms with Crippen molar-refractivity contribution in [1.82, 2.24) is 0 Å². The van der Waals surface area contributed by atoms with Crippen LogP contribution in [0.1, 0.15) is 33.6 Å². The minimum atomic E-state index is -0.308. The molecule has 0 aliphatic carbocycles. The predicted molar refractivity (Wildman–Crippen MR) is 48.1 cm³/mol. The number of allylic oxidation sites excluding steroid dienone is 2. The van der Waals surface area contributed by atoms with Crippen LogP contribution in [0.4, 0.5) is 0 Å². The van der Waals surface area contributed by atoms with Crippen molar-refractivity contribution in [2.45, 2.75) is 39.7 Å². The molecule has 1 heteroatoms. The Bertz CT molecular complexity index is 179. The summed E-state index contributed by atoms with van der Waals surface area (Å²) in [5.74, 6) is 5.92. The summed E-state index contributed by atoms with van der Waals surface area (Å²) in [4.78, 5) is 0. The third-order valence-electron chi connectivity index (χ3n) is 1.38. The number of hydrogen-bond donors (Lipinski definition) is 1. The average Bonchev–Trinajstić information content (AvgIpc) is 1.98. The van der Waals surface area contributed by atoms with Crippen molar-refractivity contribution in [2.24, 2.45) is 0 Å². The van der Waals surface area contributed by atoms with E-state index in [4.69, 9.17) is 5.11 Å². The zero-order valence-corrected chi connectivity index (χ0v) is 7.52. The first-order chi connectivity index (χ1) is 5.20. The molecular weight excluding hydrogens is 136 g/mol. The fraction of sp³-hybridized carbons (Fsp3) is 0.600. The van der Waals surface area contributed by atoms with Crippen LogP contribution in [0.3, 0.4) is 0 Å². The standard InChI is InChI=1S/C10H16O/c1-4-10(5-2)8-6-7-9(3)11/h4,9,11H,5,7H2,1-3H3/b10-4-. The Labute approximate surface area is 69.1 Å². The van der Waals surface area contributed by atoms with E-state index in [2.05, 4.69) is 18.8 Å². The van der Waals surface area contributed by atoms with Crippen LogP contribution < -0.4 is 0 Å². The quantitative estimate of drug-likeness (QED) is 0.601. The molecule has 0 fully saturated rings. The van der Waals surface area contributed by atoms with Gasteiger partial charge >= 0.3 is 0 Å². The van der Waals surface area contributed by atoms with Crippen molar-refractivity contribution in [3.8, 4) is 11.8 Å². The molecule has 0 saturated carbocycles. The molecule has 0 aliphatic heterocycles. The summed E-state index contributed by atoms with van der Waals surface area (Å²) in [5, 5.41) is 8.89. The summed E-state index contributed by atoms with van der Waals surface area (Å²) in [7, 11) is 0. The van der Waals surface area contributed by atoms with Gasteiger partial charge < -0.3 is 5.11 Å². The monoisotopic (exact) mass is 152 g/mol. The summed E-state index contributed by atoms with van der Waals surface area (Å²) in [6.45, 7) is 5.80. The number of aliphatic hydroxyl groups is 1. The van der Waals surface area contributed by atoms with Crippen LogP contribution in [0.2, 0.25) is 0 Å². The van der Waals surface area contributed by atoms with Gasteiger partial charge in [0.05, 0.1) is 6.10 Å². The summed E-state index contributed by atoms with van der Waals surface area (Å²) in [5.41, 5.74) is 1.14. The van der Waals surface area contributed by atoms with Crippen molar-refractivity contribution in [1.29, 1.82) is 0 Å². The lowest BCUT2D eigenvalue weighted by Gasteiger charge is -1.93. The Kier molecular flexibility index (Phi) is 5.60. The van der Waals surface area contributed by atoms with Crippen molar-refractivity contribution in [3.63, 3.8) is 0 Å². The first-order valence-corrected chi connectivity index (χ1v) is 4.02. The molecule has 1 N–H and O–H groups in total. The minimum absolute atomic E-state index is 0.308. The first kappa shape index (κ1) is 10.3. The normalized spacial score (nSPS) is 13.6. The highest BCUT2D eigenvalue weighted by atomic mass is 16.3. The van der Waals surface area contributed by atoms with Crippen LogP contribution in [-0.2, 0) is 0 Å². The molecule has 0 radical (unpaired) electrons. The van der Waals surface area contributed by atoms with Gasteiger partial charge in [-0.25, -0.2) is 0 Å². The summed E-state index contributed by atoms with van der Waals surface area (Å²) in [6, 6.07) is 0. The van der Waals surface area contributed by atoms with E-state index in [1.165, 1.54) is 0 Å². The van der Waals surface area contributed by atoms with Gasteiger partial charge in [0.2, 0.25) is 0 Å². The van der Waals surface area contributed by atoms with E-state index < -0.39 is 0 Å². The highest BCUT2D eigenvalue weighted by Gasteiger charge is 1.88. The molecule has 0 rings (SSSR count). The molecule has 0 heterocycles. The van der Waals surface area contributed by atoms with Crippen LogP contribution in [0.15, 0.2) is 11.6 Å². The molecule has 0 aromatic carbocycles. The molecule has 0 aliphatic rings. The van der Waals surface area contributed by atoms with E-state index >= 15 is 0 Å². The van der Waals surface area contributed by atoms with Crippen LogP contribution in [0, 0.1) is 11.8 Å². The molecule has 0 aromatic heterocycles. The fourth-order valence-corrected chi connectivity index (χ4v) is 0.677. The van der Waals surface area contributed by atoms with E-state index in [0.29, 0.717) is 6.42 Å². The van der Waals surface area contributed by atoms with Gasteiger partial charge in [0.1, 0.15) is 0 Å². The van der Waals surface area contributed by atoms with Crippen LogP contribution in [0.5, 0.6) is 0 Å². The lowest BCUT2D eigenvalue weighted by atomic mass is 10.2. The highest BCUT2D eigenvalue weighted by molar-refractivity contribution is 5.27. The van der Waals surface area contributed by atoms with E-state index in [-0.39, 0.29) is 6.10 Å². The third kappa shape index (κ3) is 5.69. The number of hydrogen-bond acceptors (Lipinski definition) is 1. The molecule has 0 aromatic rings. The van der Waals surface area contributed by atoms with Gasteiger partial charge in [0.25, 0.3) is 0 Å².